The average molecular weight is 350 g/mol. The lowest BCUT2D eigenvalue weighted by molar-refractivity contribution is 0.278. The number of rotatable bonds is 2. The lowest BCUT2D eigenvalue weighted by atomic mass is 9.85. The SMILES string of the molecule is Cc1cc(-c2noc(C3(C)CCCC3N)n2)cc(C)c1Br. The van der Waals surface area contributed by atoms with Crippen molar-refractivity contribution in [3.8, 4) is 11.4 Å². The van der Waals surface area contributed by atoms with E-state index in [0.29, 0.717) is 11.7 Å². The minimum absolute atomic E-state index is 0.0965. The van der Waals surface area contributed by atoms with E-state index in [-0.39, 0.29) is 11.5 Å². The summed E-state index contributed by atoms with van der Waals surface area (Å²) in [5.74, 6) is 1.31. The van der Waals surface area contributed by atoms with Crippen molar-refractivity contribution >= 4 is 15.9 Å². The maximum atomic E-state index is 6.23. The van der Waals surface area contributed by atoms with Gasteiger partial charge in [0.25, 0.3) is 0 Å². The third-order valence-electron chi connectivity index (χ3n) is 4.64. The van der Waals surface area contributed by atoms with Crippen LogP contribution in [0.15, 0.2) is 21.1 Å². The summed E-state index contributed by atoms with van der Waals surface area (Å²) >= 11 is 3.58. The number of nitrogens with two attached hydrogens (primary N) is 1. The molecule has 21 heavy (non-hydrogen) atoms. The predicted octanol–water partition coefficient (Wildman–Crippen LogP) is 3.88. The molecule has 0 aliphatic heterocycles. The molecule has 1 heterocycles. The molecule has 112 valence electrons. The Bertz CT molecular complexity index is 659. The Morgan fingerprint density at radius 3 is 2.57 bits per heavy atom. The van der Waals surface area contributed by atoms with Gasteiger partial charge >= 0.3 is 0 Å². The summed E-state index contributed by atoms with van der Waals surface area (Å²) in [6.07, 6.45) is 3.14. The summed E-state index contributed by atoms with van der Waals surface area (Å²) in [7, 11) is 0. The molecule has 1 aromatic heterocycles. The van der Waals surface area contributed by atoms with E-state index in [0.717, 1.165) is 29.3 Å². The van der Waals surface area contributed by atoms with Crippen LogP contribution in [0.1, 0.15) is 43.2 Å². The van der Waals surface area contributed by atoms with Gasteiger partial charge in [0.1, 0.15) is 0 Å². The van der Waals surface area contributed by atoms with Crippen molar-refractivity contribution in [1.82, 2.24) is 10.1 Å². The van der Waals surface area contributed by atoms with Crippen LogP contribution in [0.5, 0.6) is 0 Å². The van der Waals surface area contributed by atoms with E-state index < -0.39 is 0 Å². The predicted molar refractivity (Wildman–Crippen MR) is 86.1 cm³/mol. The van der Waals surface area contributed by atoms with E-state index in [4.69, 9.17) is 10.3 Å². The zero-order chi connectivity index (χ0) is 15.2. The number of hydrogen-bond acceptors (Lipinski definition) is 4. The quantitative estimate of drug-likeness (QED) is 0.893. The Balaban J connectivity index is 1.99. The highest BCUT2D eigenvalue weighted by Gasteiger charge is 2.42. The van der Waals surface area contributed by atoms with Gasteiger partial charge in [-0.25, -0.2) is 0 Å². The van der Waals surface area contributed by atoms with Gasteiger partial charge in [-0.3, -0.25) is 0 Å². The molecule has 2 aromatic rings. The van der Waals surface area contributed by atoms with E-state index in [1.54, 1.807) is 0 Å². The second-order valence-electron chi connectivity index (χ2n) is 6.26. The molecule has 4 nitrogen and oxygen atoms in total. The van der Waals surface area contributed by atoms with Crippen LogP contribution in [0.2, 0.25) is 0 Å². The summed E-state index contributed by atoms with van der Waals surface area (Å²) < 4.78 is 6.66. The van der Waals surface area contributed by atoms with Crippen LogP contribution in [0.25, 0.3) is 11.4 Å². The highest BCUT2D eigenvalue weighted by Crippen LogP contribution is 2.39. The van der Waals surface area contributed by atoms with Crippen LogP contribution < -0.4 is 5.73 Å². The second-order valence-corrected chi connectivity index (χ2v) is 7.06. The minimum atomic E-state index is -0.190. The highest BCUT2D eigenvalue weighted by atomic mass is 79.9. The summed E-state index contributed by atoms with van der Waals surface area (Å²) in [4.78, 5) is 4.62. The zero-order valence-electron chi connectivity index (χ0n) is 12.6. The third-order valence-corrected chi connectivity index (χ3v) is 5.89. The molecule has 0 amide bonds. The molecule has 1 aliphatic carbocycles. The first-order valence-electron chi connectivity index (χ1n) is 7.29. The molecule has 1 saturated carbocycles. The van der Waals surface area contributed by atoms with Crippen LogP contribution in [-0.4, -0.2) is 16.2 Å². The lowest BCUT2D eigenvalue weighted by Crippen LogP contribution is -2.38. The first-order valence-corrected chi connectivity index (χ1v) is 8.08. The summed E-state index contributed by atoms with van der Waals surface area (Å²) in [5.41, 5.74) is 9.36. The fraction of sp³-hybridized carbons (Fsp3) is 0.500. The molecular weight excluding hydrogens is 330 g/mol. The lowest BCUT2D eigenvalue weighted by Gasteiger charge is -2.23. The van der Waals surface area contributed by atoms with Gasteiger partial charge in [-0.1, -0.05) is 27.5 Å². The van der Waals surface area contributed by atoms with Crippen molar-refractivity contribution in [2.75, 3.05) is 0 Å². The van der Waals surface area contributed by atoms with Gasteiger partial charge in [0.2, 0.25) is 11.7 Å². The Morgan fingerprint density at radius 2 is 2.00 bits per heavy atom. The van der Waals surface area contributed by atoms with Gasteiger partial charge in [0, 0.05) is 16.1 Å². The first kappa shape index (κ1) is 14.7. The van der Waals surface area contributed by atoms with Gasteiger partial charge in [-0.15, -0.1) is 0 Å². The topological polar surface area (TPSA) is 64.9 Å². The van der Waals surface area contributed by atoms with E-state index in [2.05, 4.69) is 59.0 Å². The van der Waals surface area contributed by atoms with Gasteiger partial charge in [0.15, 0.2) is 0 Å². The minimum Gasteiger partial charge on any atom is -0.338 e. The van der Waals surface area contributed by atoms with Crippen molar-refractivity contribution in [1.29, 1.82) is 0 Å². The van der Waals surface area contributed by atoms with E-state index in [1.807, 2.05) is 0 Å². The maximum absolute atomic E-state index is 6.23. The fourth-order valence-electron chi connectivity index (χ4n) is 3.11. The van der Waals surface area contributed by atoms with Crippen LogP contribution in [0, 0.1) is 13.8 Å². The Hall–Kier alpha value is -1.20. The first-order chi connectivity index (χ1) is 9.91. The third kappa shape index (κ3) is 2.42. The molecule has 1 aliphatic rings. The van der Waals surface area contributed by atoms with Crippen molar-refractivity contribution in [3.63, 3.8) is 0 Å². The van der Waals surface area contributed by atoms with Gasteiger partial charge in [-0.05, 0) is 56.9 Å². The maximum Gasteiger partial charge on any atom is 0.234 e. The summed E-state index contributed by atoms with van der Waals surface area (Å²) in [6.45, 7) is 6.26. The Labute approximate surface area is 133 Å². The molecule has 1 aromatic carbocycles. The smallest absolute Gasteiger partial charge is 0.234 e. The number of aryl methyl sites for hydroxylation is 2. The largest absolute Gasteiger partial charge is 0.338 e. The molecule has 2 unspecified atom stereocenters. The Morgan fingerprint density at radius 1 is 1.33 bits per heavy atom. The normalized spacial score (nSPS) is 25.5. The van der Waals surface area contributed by atoms with Crippen LogP contribution >= 0.6 is 15.9 Å². The number of hydrogen-bond donors (Lipinski definition) is 1. The molecule has 0 saturated heterocycles. The second kappa shape index (κ2) is 5.21. The molecule has 5 heteroatoms. The van der Waals surface area contributed by atoms with E-state index in [1.165, 1.54) is 11.1 Å². The summed E-state index contributed by atoms with van der Waals surface area (Å²) in [5, 5.41) is 4.17. The molecule has 3 rings (SSSR count). The molecular formula is C16H20BrN3O. The zero-order valence-corrected chi connectivity index (χ0v) is 14.2. The molecule has 1 fully saturated rings. The van der Waals surface area contributed by atoms with Gasteiger partial charge < -0.3 is 10.3 Å². The van der Waals surface area contributed by atoms with E-state index in [9.17, 15) is 0 Å². The van der Waals surface area contributed by atoms with Crippen molar-refractivity contribution in [2.45, 2.75) is 51.5 Å². The number of aromatic nitrogens is 2. The van der Waals surface area contributed by atoms with Crippen LogP contribution in [0.3, 0.4) is 0 Å². The molecule has 0 bridgehead atoms. The van der Waals surface area contributed by atoms with E-state index >= 15 is 0 Å². The summed E-state index contributed by atoms with van der Waals surface area (Å²) in [6, 6.07) is 4.24. The molecule has 2 N–H and O–H groups in total. The monoisotopic (exact) mass is 349 g/mol. The van der Waals surface area contributed by atoms with Crippen LogP contribution in [-0.2, 0) is 5.41 Å². The van der Waals surface area contributed by atoms with Gasteiger partial charge in [0.05, 0.1) is 5.41 Å². The highest BCUT2D eigenvalue weighted by molar-refractivity contribution is 9.10. The molecule has 0 radical (unpaired) electrons. The Kier molecular flexibility index (Phi) is 3.66. The average Bonchev–Trinajstić information content (AvgIpc) is 3.05. The van der Waals surface area contributed by atoms with Crippen molar-refractivity contribution < 1.29 is 4.52 Å². The standard InChI is InChI=1S/C16H20BrN3O/c1-9-7-11(8-10(2)13(9)17)14-19-15(21-20-14)16(3)6-4-5-12(16)18/h7-8,12H,4-6,18H2,1-3H3. The van der Waals surface area contributed by atoms with Crippen molar-refractivity contribution in [2.24, 2.45) is 5.73 Å². The fourth-order valence-corrected chi connectivity index (χ4v) is 3.34. The molecule has 0 spiro atoms. The number of nitrogens with zero attached hydrogens (tertiary/aromatic N) is 2. The number of halogens is 1. The van der Waals surface area contributed by atoms with Gasteiger partial charge in [-0.2, -0.15) is 4.98 Å². The van der Waals surface area contributed by atoms with Crippen molar-refractivity contribution in [3.05, 3.63) is 33.6 Å². The number of benzene rings is 1. The molecule has 2 atom stereocenters. The van der Waals surface area contributed by atoms with Crippen LogP contribution in [0.4, 0.5) is 0 Å².